The largest absolute Gasteiger partial charge is 0.497 e. The number of nitrogens with one attached hydrogen (secondary N) is 1. The molecule has 1 aliphatic rings. The third kappa shape index (κ3) is 5.13. The highest BCUT2D eigenvalue weighted by Gasteiger charge is 2.30. The first-order chi connectivity index (χ1) is 19.9. The average Bonchev–Trinajstić information content (AvgIpc) is 3.58. The molecule has 9 nitrogen and oxygen atoms in total. The molecule has 0 bridgehead atoms. The van der Waals surface area contributed by atoms with E-state index in [9.17, 15) is 9.59 Å². The Morgan fingerprint density at radius 1 is 1.15 bits per heavy atom. The summed E-state index contributed by atoms with van der Waals surface area (Å²) >= 11 is 2.86. The van der Waals surface area contributed by atoms with Gasteiger partial charge in [0.2, 0.25) is 11.7 Å². The topological polar surface area (TPSA) is 99.8 Å². The van der Waals surface area contributed by atoms with Crippen molar-refractivity contribution in [3.8, 4) is 11.4 Å². The van der Waals surface area contributed by atoms with E-state index in [1.165, 1.54) is 23.1 Å². The van der Waals surface area contributed by atoms with E-state index in [-0.39, 0.29) is 17.6 Å². The van der Waals surface area contributed by atoms with Gasteiger partial charge in [-0.3, -0.25) is 9.59 Å². The molecule has 0 radical (unpaired) electrons. The summed E-state index contributed by atoms with van der Waals surface area (Å²) in [5.74, 6) is 1.31. The number of hydrogen-bond acceptors (Lipinski definition) is 8. The number of ether oxygens (including phenoxy) is 2. The number of nitrogens with zero attached hydrogens (tertiary/aromatic N) is 4. The van der Waals surface area contributed by atoms with Gasteiger partial charge < -0.3 is 14.8 Å². The third-order valence-electron chi connectivity index (χ3n) is 7.38. The lowest BCUT2D eigenvalue weighted by molar-refractivity contribution is -0.120. The van der Waals surface area contributed by atoms with Crippen LogP contribution in [-0.4, -0.2) is 43.5 Å². The molecule has 0 saturated heterocycles. The lowest BCUT2D eigenvalue weighted by Gasteiger charge is -2.26. The number of thioether (sulfide) groups is 1. The number of thiophene rings is 1. The molecule has 4 heterocycles. The van der Waals surface area contributed by atoms with Gasteiger partial charge in [-0.15, -0.1) is 21.5 Å². The van der Waals surface area contributed by atoms with Crippen LogP contribution in [0.4, 0.5) is 0 Å². The summed E-state index contributed by atoms with van der Waals surface area (Å²) in [7, 11) is 1.61. The summed E-state index contributed by atoms with van der Waals surface area (Å²) in [5, 5.41) is 12.7. The Labute approximate surface area is 245 Å². The van der Waals surface area contributed by atoms with Crippen LogP contribution >= 0.6 is 23.1 Å². The van der Waals surface area contributed by atoms with Crippen molar-refractivity contribution in [3.05, 3.63) is 81.0 Å². The van der Waals surface area contributed by atoms with Crippen molar-refractivity contribution in [1.82, 2.24) is 24.5 Å². The minimum atomic E-state index is -0.439. The first-order valence-electron chi connectivity index (χ1n) is 13.5. The molecule has 2 aromatic carbocycles. The maximum atomic E-state index is 14.2. The molecule has 0 spiro atoms. The van der Waals surface area contributed by atoms with Crippen molar-refractivity contribution < 1.29 is 14.3 Å². The molecule has 11 heteroatoms. The van der Waals surface area contributed by atoms with Crippen LogP contribution in [0.1, 0.15) is 36.8 Å². The second-order valence-electron chi connectivity index (χ2n) is 10.4. The summed E-state index contributed by atoms with van der Waals surface area (Å²) in [6, 6.07) is 17.1. The Morgan fingerprint density at radius 2 is 1.90 bits per heavy atom. The Balaban J connectivity index is 1.45. The Hall–Kier alpha value is -3.67. The van der Waals surface area contributed by atoms with Crippen molar-refractivity contribution in [2.24, 2.45) is 5.92 Å². The van der Waals surface area contributed by atoms with Gasteiger partial charge in [0.25, 0.3) is 5.56 Å². The molecule has 0 unspecified atom stereocenters. The molecule has 6 rings (SSSR count). The fraction of sp³-hybridized carbons (Fsp3) is 0.333. The lowest BCUT2D eigenvalue weighted by atomic mass is 9.96. The molecule has 3 aromatic heterocycles. The number of rotatable bonds is 8. The minimum Gasteiger partial charge on any atom is -0.497 e. The number of hydrogen-bond donors (Lipinski definition) is 1. The van der Waals surface area contributed by atoms with Crippen LogP contribution in [0.3, 0.4) is 0 Å². The van der Waals surface area contributed by atoms with Crippen molar-refractivity contribution in [1.29, 1.82) is 0 Å². The first kappa shape index (κ1) is 27.5. The summed E-state index contributed by atoms with van der Waals surface area (Å²) in [6.45, 7) is 7.03. The van der Waals surface area contributed by atoms with Crippen LogP contribution in [0.25, 0.3) is 21.7 Å². The SMILES string of the molecule is COc1ccc(-n2c(=O)c3c4c(sc3n3c(S[C@H](C)C(=O)NCc5ccccc5)nnc23)CO[C@H](C(C)C)C4)cc1. The molecule has 1 aliphatic heterocycles. The predicted molar refractivity (Wildman–Crippen MR) is 161 cm³/mol. The monoisotopic (exact) mass is 589 g/mol. The summed E-state index contributed by atoms with van der Waals surface area (Å²) < 4.78 is 15.0. The van der Waals surface area contributed by atoms with Gasteiger partial charge in [0.15, 0.2) is 5.16 Å². The van der Waals surface area contributed by atoms with E-state index in [2.05, 4.69) is 29.4 Å². The number of aromatic nitrogens is 4. The van der Waals surface area contributed by atoms with E-state index in [0.717, 1.165) is 20.8 Å². The molecular formula is C30H31N5O4S2. The predicted octanol–water partition coefficient (Wildman–Crippen LogP) is 5.00. The highest BCUT2D eigenvalue weighted by Crippen LogP contribution is 2.38. The standard InChI is InChI=1S/C30H31N5O4S2/c1-17(2)23-14-22-24(16-39-23)41-28-25(22)27(37)34(20-10-12-21(38-4)13-11-20)29-32-33-30(35(28)29)40-18(3)26(36)31-15-19-8-6-5-7-9-19/h5-13,17-18,23H,14-16H2,1-4H3,(H,31,36)/t18-,23+/m1/s1. The fourth-order valence-corrected chi connectivity index (χ4v) is 7.22. The van der Waals surface area contributed by atoms with Crippen LogP contribution in [-0.2, 0) is 29.1 Å². The zero-order valence-electron chi connectivity index (χ0n) is 23.3. The van der Waals surface area contributed by atoms with Crippen LogP contribution in [0.2, 0.25) is 0 Å². The van der Waals surface area contributed by atoms with Crippen molar-refractivity contribution >= 4 is 45.0 Å². The van der Waals surface area contributed by atoms with Gasteiger partial charge in [-0.05, 0) is 48.2 Å². The van der Waals surface area contributed by atoms with E-state index in [4.69, 9.17) is 9.47 Å². The summed E-state index contributed by atoms with van der Waals surface area (Å²) in [4.78, 5) is 29.1. The van der Waals surface area contributed by atoms with Gasteiger partial charge in [0.05, 0.1) is 36.1 Å². The van der Waals surface area contributed by atoms with E-state index in [0.29, 0.717) is 53.2 Å². The zero-order valence-corrected chi connectivity index (χ0v) is 24.9. The van der Waals surface area contributed by atoms with Gasteiger partial charge >= 0.3 is 0 Å². The van der Waals surface area contributed by atoms with Crippen molar-refractivity contribution in [2.75, 3.05) is 7.11 Å². The maximum Gasteiger partial charge on any atom is 0.268 e. The molecule has 0 saturated carbocycles. The Kier molecular flexibility index (Phi) is 7.58. The molecule has 212 valence electrons. The van der Waals surface area contributed by atoms with E-state index in [1.807, 2.05) is 65.9 Å². The van der Waals surface area contributed by atoms with Gasteiger partial charge in [0.1, 0.15) is 10.6 Å². The number of amides is 1. The van der Waals surface area contributed by atoms with E-state index in [1.54, 1.807) is 11.7 Å². The molecule has 1 N–H and O–H groups in total. The van der Waals surface area contributed by atoms with Gasteiger partial charge in [-0.2, -0.15) is 0 Å². The summed E-state index contributed by atoms with van der Waals surface area (Å²) in [6.07, 6.45) is 0.701. The Morgan fingerprint density at radius 3 is 2.61 bits per heavy atom. The number of methoxy groups -OCH3 is 1. The van der Waals surface area contributed by atoms with Crippen LogP contribution < -0.4 is 15.6 Å². The molecule has 1 amide bonds. The fourth-order valence-electron chi connectivity index (χ4n) is 5.05. The van der Waals surface area contributed by atoms with Gasteiger partial charge in [0, 0.05) is 17.8 Å². The zero-order chi connectivity index (χ0) is 28.7. The van der Waals surface area contributed by atoms with E-state index < -0.39 is 5.25 Å². The summed E-state index contributed by atoms with van der Waals surface area (Å²) in [5.41, 5.74) is 2.58. The molecule has 41 heavy (non-hydrogen) atoms. The highest BCUT2D eigenvalue weighted by molar-refractivity contribution is 8.00. The Bertz CT molecular complexity index is 1780. The van der Waals surface area contributed by atoms with Gasteiger partial charge in [-0.25, -0.2) is 8.97 Å². The third-order valence-corrected chi connectivity index (χ3v) is 9.61. The van der Waals surface area contributed by atoms with Crippen LogP contribution in [0.5, 0.6) is 5.75 Å². The molecule has 0 fully saturated rings. The first-order valence-corrected chi connectivity index (χ1v) is 15.2. The van der Waals surface area contributed by atoms with Gasteiger partial charge in [-0.1, -0.05) is 55.9 Å². The number of carbonyl (C=O) groups is 1. The quantitative estimate of drug-likeness (QED) is 0.254. The van der Waals surface area contributed by atoms with Crippen LogP contribution in [0, 0.1) is 5.92 Å². The second-order valence-corrected chi connectivity index (χ2v) is 12.8. The normalized spacial score (nSPS) is 15.8. The number of benzene rings is 2. The highest BCUT2D eigenvalue weighted by atomic mass is 32.2. The number of carbonyl (C=O) groups excluding carboxylic acids is 1. The average molecular weight is 590 g/mol. The molecule has 5 aromatic rings. The van der Waals surface area contributed by atoms with Crippen molar-refractivity contribution in [2.45, 2.75) is 56.9 Å². The lowest BCUT2D eigenvalue weighted by Crippen LogP contribution is -2.30. The van der Waals surface area contributed by atoms with Crippen molar-refractivity contribution in [3.63, 3.8) is 0 Å². The van der Waals surface area contributed by atoms with Crippen LogP contribution in [0.15, 0.2) is 64.5 Å². The maximum absolute atomic E-state index is 14.2. The minimum absolute atomic E-state index is 0.0351. The molecular weight excluding hydrogens is 558 g/mol. The second kappa shape index (κ2) is 11.3. The number of fused-ring (bicyclic) bond motifs is 5. The molecule has 0 aliphatic carbocycles. The smallest absolute Gasteiger partial charge is 0.268 e. The van der Waals surface area contributed by atoms with E-state index >= 15 is 0 Å². The molecule has 2 atom stereocenters.